The Morgan fingerprint density at radius 3 is 2.33 bits per heavy atom. The van der Waals surface area contributed by atoms with Crippen molar-refractivity contribution in [2.24, 2.45) is 0 Å². The second kappa shape index (κ2) is 7.35. The molecule has 3 aromatic heterocycles. The van der Waals surface area contributed by atoms with Crippen LogP contribution >= 0.6 is 0 Å². The van der Waals surface area contributed by atoms with E-state index in [-0.39, 0.29) is 17.2 Å². The van der Waals surface area contributed by atoms with Gasteiger partial charge in [0.25, 0.3) is 5.91 Å². The first-order valence-electron chi connectivity index (χ1n) is 8.61. The molecule has 0 radical (unpaired) electrons. The lowest BCUT2D eigenvalue weighted by Gasteiger charge is -2.10. The zero-order valence-corrected chi connectivity index (χ0v) is 15.2. The molecule has 0 saturated carbocycles. The molecule has 0 spiro atoms. The normalized spacial score (nSPS) is 11.4. The summed E-state index contributed by atoms with van der Waals surface area (Å²) in [5.41, 5.74) is 5.97. The number of nitrogens with zero attached hydrogens (tertiary/aromatic N) is 4. The average Bonchev–Trinajstić information content (AvgIpc) is 3.16. The second-order valence-corrected chi connectivity index (χ2v) is 6.25. The van der Waals surface area contributed by atoms with Crippen molar-refractivity contribution in [3.8, 4) is 0 Å². The van der Waals surface area contributed by atoms with E-state index in [1.165, 1.54) is 22.9 Å². The van der Waals surface area contributed by atoms with E-state index in [1.807, 2.05) is 0 Å². The number of nitrogens with two attached hydrogens (primary N) is 1. The van der Waals surface area contributed by atoms with Crippen molar-refractivity contribution >= 4 is 34.7 Å². The molecule has 0 aliphatic carbocycles. The lowest BCUT2D eigenvalue weighted by Crippen LogP contribution is -2.13. The SMILES string of the molecule is Nc1ncc(C(=O)Nc2ccc(Nc3cccc4nc(C(F)(F)F)cn34)cc2)cn1. The van der Waals surface area contributed by atoms with Crippen molar-refractivity contribution in [3.05, 3.63) is 72.3 Å². The third-order valence-electron chi connectivity index (χ3n) is 4.13. The molecular weight excluding hydrogens is 399 g/mol. The van der Waals surface area contributed by atoms with Crippen molar-refractivity contribution in [2.75, 3.05) is 16.4 Å². The molecule has 4 rings (SSSR count). The predicted octanol–water partition coefficient (Wildman–Crippen LogP) is 3.72. The van der Waals surface area contributed by atoms with Crippen LogP contribution in [0.15, 0.2) is 61.1 Å². The molecule has 0 unspecified atom stereocenters. The first-order valence-corrected chi connectivity index (χ1v) is 8.61. The number of rotatable bonds is 4. The number of aromatic nitrogens is 4. The van der Waals surface area contributed by atoms with Crippen LogP contribution in [0.4, 0.5) is 36.3 Å². The molecule has 0 aliphatic heterocycles. The minimum absolute atomic E-state index is 0.0669. The monoisotopic (exact) mass is 413 g/mol. The van der Waals surface area contributed by atoms with Crippen LogP contribution in [-0.2, 0) is 6.18 Å². The van der Waals surface area contributed by atoms with Gasteiger partial charge in [0.1, 0.15) is 11.5 Å². The number of hydrogen-bond acceptors (Lipinski definition) is 6. The number of pyridine rings is 1. The van der Waals surface area contributed by atoms with Crippen molar-refractivity contribution in [1.29, 1.82) is 0 Å². The standard InChI is InChI=1S/C19H14F3N7O/c20-19(21,22)14-10-29-15(2-1-3-16(29)28-14)26-12-4-6-13(7-5-12)27-17(30)11-8-24-18(23)25-9-11/h1-10,26H,(H,27,30)(H2,23,24,25). The molecule has 8 nitrogen and oxygen atoms in total. The van der Waals surface area contributed by atoms with Crippen LogP contribution in [0.5, 0.6) is 0 Å². The molecule has 152 valence electrons. The number of alkyl halides is 3. The number of benzene rings is 1. The summed E-state index contributed by atoms with van der Waals surface area (Å²) in [5.74, 6) is 0.0714. The fourth-order valence-electron chi connectivity index (χ4n) is 2.69. The number of fused-ring (bicyclic) bond motifs is 1. The first kappa shape index (κ1) is 19.2. The Balaban J connectivity index is 1.50. The number of halogens is 3. The number of anilines is 4. The van der Waals surface area contributed by atoms with Gasteiger partial charge in [-0.15, -0.1) is 0 Å². The Labute approximate surface area is 167 Å². The van der Waals surface area contributed by atoms with Crippen LogP contribution in [0.25, 0.3) is 5.65 Å². The largest absolute Gasteiger partial charge is 0.434 e. The fourth-order valence-corrected chi connectivity index (χ4v) is 2.69. The lowest BCUT2D eigenvalue weighted by molar-refractivity contribution is -0.140. The van der Waals surface area contributed by atoms with Gasteiger partial charge in [0.15, 0.2) is 5.69 Å². The number of imidazole rings is 1. The second-order valence-electron chi connectivity index (χ2n) is 6.25. The number of nitrogen functional groups attached to an aromatic ring is 1. The third-order valence-corrected chi connectivity index (χ3v) is 4.13. The van der Waals surface area contributed by atoms with E-state index < -0.39 is 17.8 Å². The van der Waals surface area contributed by atoms with Gasteiger partial charge in [-0.3, -0.25) is 9.20 Å². The van der Waals surface area contributed by atoms with Crippen LogP contribution in [0.3, 0.4) is 0 Å². The molecule has 11 heteroatoms. The van der Waals surface area contributed by atoms with Gasteiger partial charge in [0.05, 0.1) is 5.56 Å². The minimum Gasteiger partial charge on any atom is -0.368 e. The van der Waals surface area contributed by atoms with Gasteiger partial charge >= 0.3 is 6.18 Å². The number of hydrogen-bond donors (Lipinski definition) is 3. The zero-order valence-electron chi connectivity index (χ0n) is 15.2. The first-order chi connectivity index (χ1) is 14.3. The van der Waals surface area contributed by atoms with Crippen molar-refractivity contribution in [3.63, 3.8) is 0 Å². The maximum atomic E-state index is 12.9. The number of amides is 1. The molecule has 4 N–H and O–H groups in total. The van der Waals surface area contributed by atoms with E-state index in [4.69, 9.17) is 5.73 Å². The van der Waals surface area contributed by atoms with E-state index >= 15 is 0 Å². The van der Waals surface area contributed by atoms with E-state index in [1.54, 1.807) is 36.4 Å². The zero-order chi connectivity index (χ0) is 21.3. The third kappa shape index (κ3) is 3.99. The summed E-state index contributed by atoms with van der Waals surface area (Å²) in [7, 11) is 0. The van der Waals surface area contributed by atoms with Gasteiger partial charge in [-0.2, -0.15) is 13.2 Å². The maximum Gasteiger partial charge on any atom is 0.434 e. The summed E-state index contributed by atoms with van der Waals surface area (Å²) in [6.45, 7) is 0. The summed E-state index contributed by atoms with van der Waals surface area (Å²) >= 11 is 0. The highest BCUT2D eigenvalue weighted by molar-refractivity contribution is 6.03. The van der Waals surface area contributed by atoms with E-state index in [9.17, 15) is 18.0 Å². The molecule has 30 heavy (non-hydrogen) atoms. The molecule has 0 aliphatic rings. The highest BCUT2D eigenvalue weighted by Gasteiger charge is 2.34. The Morgan fingerprint density at radius 2 is 1.67 bits per heavy atom. The van der Waals surface area contributed by atoms with Crippen LogP contribution in [0.2, 0.25) is 0 Å². The fraction of sp³-hybridized carbons (Fsp3) is 0.0526. The molecular formula is C19H14F3N7O. The van der Waals surface area contributed by atoms with Crippen LogP contribution in [0.1, 0.15) is 16.1 Å². The van der Waals surface area contributed by atoms with E-state index in [0.29, 0.717) is 17.2 Å². The van der Waals surface area contributed by atoms with Gasteiger partial charge < -0.3 is 16.4 Å². The van der Waals surface area contributed by atoms with Gasteiger partial charge in [-0.1, -0.05) is 6.07 Å². The Kier molecular flexibility index (Phi) is 4.70. The van der Waals surface area contributed by atoms with Crippen molar-refractivity contribution in [1.82, 2.24) is 19.4 Å². The number of nitrogens with one attached hydrogen (secondary N) is 2. The molecule has 1 aromatic carbocycles. The molecule has 1 amide bonds. The summed E-state index contributed by atoms with van der Waals surface area (Å²) in [4.78, 5) is 23.3. The summed E-state index contributed by atoms with van der Waals surface area (Å²) in [6, 6.07) is 11.4. The quantitative estimate of drug-likeness (QED) is 0.470. The lowest BCUT2D eigenvalue weighted by atomic mass is 10.2. The summed E-state index contributed by atoms with van der Waals surface area (Å²) in [6.07, 6.45) is -0.970. The van der Waals surface area contributed by atoms with Crippen LogP contribution in [0, 0.1) is 0 Å². The van der Waals surface area contributed by atoms with Gasteiger partial charge in [0, 0.05) is 30.0 Å². The molecule has 0 fully saturated rings. The molecule has 3 heterocycles. The van der Waals surface area contributed by atoms with Crippen LogP contribution in [-0.4, -0.2) is 25.3 Å². The topological polar surface area (TPSA) is 110 Å². The Hall–Kier alpha value is -4.15. The Bertz CT molecular complexity index is 1200. The molecule has 0 saturated heterocycles. The maximum absolute atomic E-state index is 12.9. The predicted molar refractivity (Wildman–Crippen MR) is 104 cm³/mol. The van der Waals surface area contributed by atoms with Crippen molar-refractivity contribution < 1.29 is 18.0 Å². The number of carbonyl (C=O) groups excluding carboxylic acids is 1. The van der Waals surface area contributed by atoms with Crippen molar-refractivity contribution in [2.45, 2.75) is 6.18 Å². The smallest absolute Gasteiger partial charge is 0.368 e. The highest BCUT2D eigenvalue weighted by Crippen LogP contribution is 2.30. The molecule has 0 atom stereocenters. The number of carbonyl (C=O) groups is 1. The Morgan fingerprint density at radius 1 is 1.00 bits per heavy atom. The molecule has 0 bridgehead atoms. The van der Waals surface area contributed by atoms with Gasteiger partial charge in [0.2, 0.25) is 5.95 Å². The van der Waals surface area contributed by atoms with Gasteiger partial charge in [-0.05, 0) is 36.4 Å². The molecule has 4 aromatic rings. The van der Waals surface area contributed by atoms with Gasteiger partial charge in [-0.25, -0.2) is 15.0 Å². The summed E-state index contributed by atoms with van der Waals surface area (Å²) in [5, 5.41) is 5.73. The van der Waals surface area contributed by atoms with E-state index in [0.717, 1.165) is 6.20 Å². The average molecular weight is 413 g/mol. The van der Waals surface area contributed by atoms with E-state index in [2.05, 4.69) is 25.6 Å². The van der Waals surface area contributed by atoms with Crippen LogP contribution < -0.4 is 16.4 Å². The highest BCUT2D eigenvalue weighted by atomic mass is 19.4. The summed E-state index contributed by atoms with van der Waals surface area (Å²) < 4.78 is 40.1. The minimum atomic E-state index is -4.53.